The van der Waals surface area contributed by atoms with Crippen molar-refractivity contribution in [2.75, 3.05) is 24.4 Å². The van der Waals surface area contributed by atoms with E-state index in [1.807, 2.05) is 0 Å². The van der Waals surface area contributed by atoms with E-state index >= 15 is 0 Å². The van der Waals surface area contributed by atoms with Gasteiger partial charge in [-0.1, -0.05) is 23.2 Å². The molecule has 0 radical (unpaired) electrons. The molecule has 0 atom stereocenters. The van der Waals surface area contributed by atoms with Crippen LogP contribution in [0.1, 0.15) is 12.8 Å². The van der Waals surface area contributed by atoms with Gasteiger partial charge in [-0.2, -0.15) is 0 Å². The van der Waals surface area contributed by atoms with E-state index in [0.717, 1.165) is 0 Å². The molecule has 1 aliphatic heterocycles. The van der Waals surface area contributed by atoms with Crippen molar-refractivity contribution in [2.45, 2.75) is 17.7 Å². The van der Waals surface area contributed by atoms with Crippen molar-refractivity contribution in [1.82, 2.24) is 4.90 Å². The first-order valence-electron chi connectivity index (χ1n) is 9.43. The highest BCUT2D eigenvalue weighted by Gasteiger charge is 2.26. The fraction of sp³-hybridized carbons (Fsp3) is 0.300. The summed E-state index contributed by atoms with van der Waals surface area (Å²) in [7, 11) is -3.84. The summed E-state index contributed by atoms with van der Waals surface area (Å²) in [6, 6.07) is 10.1. The van der Waals surface area contributed by atoms with Gasteiger partial charge in [0.25, 0.3) is 15.9 Å². The zero-order valence-electron chi connectivity index (χ0n) is 16.4. The predicted octanol–water partition coefficient (Wildman–Crippen LogP) is 2.90. The molecule has 0 spiro atoms. The molecule has 0 bridgehead atoms. The van der Waals surface area contributed by atoms with E-state index in [2.05, 4.69) is 4.72 Å². The number of primary amides is 1. The summed E-state index contributed by atoms with van der Waals surface area (Å²) in [5.41, 5.74) is 5.57. The Morgan fingerprint density at radius 3 is 2.29 bits per heavy atom. The molecule has 1 fully saturated rings. The number of rotatable bonds is 7. The molecular weight excluding hydrogens is 465 g/mol. The molecule has 1 aliphatic rings. The van der Waals surface area contributed by atoms with Crippen molar-refractivity contribution in [3.63, 3.8) is 0 Å². The van der Waals surface area contributed by atoms with E-state index in [0.29, 0.717) is 36.7 Å². The molecule has 0 aromatic heterocycles. The first-order chi connectivity index (χ1) is 14.7. The largest absolute Gasteiger partial charge is 0.484 e. The van der Waals surface area contributed by atoms with Gasteiger partial charge in [-0.15, -0.1) is 0 Å². The number of hydrogen-bond donors (Lipinski definition) is 2. The number of ether oxygens (including phenoxy) is 1. The molecule has 0 aliphatic carbocycles. The Kier molecular flexibility index (Phi) is 7.30. The number of anilines is 1. The monoisotopic (exact) mass is 485 g/mol. The van der Waals surface area contributed by atoms with E-state index < -0.39 is 10.0 Å². The number of benzene rings is 2. The number of carbonyl (C=O) groups is 2. The molecule has 8 nitrogen and oxygen atoms in total. The van der Waals surface area contributed by atoms with Crippen molar-refractivity contribution < 1.29 is 22.7 Å². The van der Waals surface area contributed by atoms with Crippen LogP contribution in [-0.2, 0) is 19.6 Å². The number of piperidine rings is 1. The van der Waals surface area contributed by atoms with E-state index in [1.165, 1.54) is 42.5 Å². The molecule has 0 saturated carbocycles. The highest BCUT2D eigenvalue weighted by atomic mass is 35.5. The van der Waals surface area contributed by atoms with E-state index in [1.54, 1.807) is 4.90 Å². The fourth-order valence-corrected chi connectivity index (χ4v) is 4.49. The zero-order valence-corrected chi connectivity index (χ0v) is 18.7. The summed E-state index contributed by atoms with van der Waals surface area (Å²) in [6.07, 6.45) is 1.08. The van der Waals surface area contributed by atoms with Crippen LogP contribution in [0.5, 0.6) is 5.75 Å². The van der Waals surface area contributed by atoms with Gasteiger partial charge < -0.3 is 15.4 Å². The molecule has 1 heterocycles. The lowest BCUT2D eigenvalue weighted by Crippen LogP contribution is -2.43. The molecule has 3 rings (SSSR count). The molecule has 2 aromatic carbocycles. The van der Waals surface area contributed by atoms with Gasteiger partial charge >= 0.3 is 0 Å². The Bertz CT molecular complexity index is 1070. The van der Waals surface area contributed by atoms with E-state index in [-0.39, 0.29) is 39.9 Å². The van der Waals surface area contributed by atoms with Gasteiger partial charge in [0.2, 0.25) is 5.91 Å². The Morgan fingerprint density at radius 2 is 1.71 bits per heavy atom. The second kappa shape index (κ2) is 9.76. The molecule has 31 heavy (non-hydrogen) atoms. The van der Waals surface area contributed by atoms with Crippen LogP contribution in [0.4, 0.5) is 5.69 Å². The van der Waals surface area contributed by atoms with Crippen LogP contribution in [-0.4, -0.2) is 44.8 Å². The highest BCUT2D eigenvalue weighted by Crippen LogP contribution is 2.27. The third kappa shape index (κ3) is 6.03. The number of halogens is 2. The predicted molar refractivity (Wildman–Crippen MR) is 118 cm³/mol. The molecule has 166 valence electrons. The van der Waals surface area contributed by atoms with Crippen molar-refractivity contribution in [3.8, 4) is 5.75 Å². The molecule has 2 aromatic rings. The number of nitrogens with two attached hydrogens (primary N) is 1. The number of sulfonamides is 1. The van der Waals surface area contributed by atoms with Gasteiger partial charge in [-0.3, -0.25) is 14.3 Å². The minimum atomic E-state index is -3.84. The summed E-state index contributed by atoms with van der Waals surface area (Å²) in [6.45, 7) is 0.718. The number of likely N-dealkylation sites (tertiary alicyclic amines) is 1. The summed E-state index contributed by atoms with van der Waals surface area (Å²) in [5.74, 6) is -0.390. The van der Waals surface area contributed by atoms with Crippen LogP contribution >= 0.6 is 23.2 Å². The average Bonchev–Trinajstić information content (AvgIpc) is 2.75. The maximum Gasteiger partial charge on any atom is 0.261 e. The smallest absolute Gasteiger partial charge is 0.261 e. The van der Waals surface area contributed by atoms with Crippen LogP contribution in [0.2, 0.25) is 10.0 Å². The minimum absolute atomic E-state index is 0.0192. The summed E-state index contributed by atoms with van der Waals surface area (Å²) >= 11 is 11.8. The van der Waals surface area contributed by atoms with Crippen LogP contribution in [0.15, 0.2) is 47.4 Å². The Morgan fingerprint density at radius 1 is 1.06 bits per heavy atom. The van der Waals surface area contributed by atoms with Crippen LogP contribution in [0, 0.1) is 5.92 Å². The molecule has 2 amide bonds. The lowest BCUT2D eigenvalue weighted by Gasteiger charge is -2.30. The Labute approximate surface area is 190 Å². The van der Waals surface area contributed by atoms with Crippen molar-refractivity contribution in [2.24, 2.45) is 11.7 Å². The summed E-state index contributed by atoms with van der Waals surface area (Å²) < 4.78 is 33.0. The summed E-state index contributed by atoms with van der Waals surface area (Å²) in [5, 5.41) is 0.548. The van der Waals surface area contributed by atoms with Gasteiger partial charge in [-0.05, 0) is 55.3 Å². The standard InChI is InChI=1S/C20H21Cl2N3O5S/c21-17-6-1-14(11-18(17)22)24-31(28,29)16-4-2-15(3-5-16)30-12-19(26)25-9-7-13(8-10-25)20(23)27/h1-6,11,13,24H,7-10,12H2,(H2,23,27). The second-order valence-electron chi connectivity index (χ2n) is 7.05. The molecular formula is C20H21Cl2N3O5S. The van der Waals surface area contributed by atoms with E-state index in [9.17, 15) is 18.0 Å². The van der Waals surface area contributed by atoms with Gasteiger partial charge in [0.1, 0.15) is 5.75 Å². The number of carbonyl (C=O) groups excluding carboxylic acids is 2. The van der Waals surface area contributed by atoms with Gasteiger partial charge in [0, 0.05) is 19.0 Å². The zero-order chi connectivity index (χ0) is 22.6. The lowest BCUT2D eigenvalue weighted by atomic mass is 9.96. The van der Waals surface area contributed by atoms with Crippen LogP contribution < -0.4 is 15.2 Å². The van der Waals surface area contributed by atoms with Gasteiger partial charge in [0.05, 0.1) is 20.6 Å². The average molecular weight is 486 g/mol. The molecule has 11 heteroatoms. The minimum Gasteiger partial charge on any atom is -0.484 e. The number of nitrogens with one attached hydrogen (secondary N) is 1. The summed E-state index contributed by atoms with van der Waals surface area (Å²) in [4.78, 5) is 25.1. The topological polar surface area (TPSA) is 119 Å². The number of amides is 2. The van der Waals surface area contributed by atoms with Crippen molar-refractivity contribution >= 4 is 50.7 Å². The third-order valence-electron chi connectivity index (χ3n) is 4.92. The van der Waals surface area contributed by atoms with Gasteiger partial charge in [0.15, 0.2) is 6.61 Å². The molecule has 1 saturated heterocycles. The van der Waals surface area contributed by atoms with Crippen molar-refractivity contribution in [3.05, 3.63) is 52.5 Å². The maximum atomic E-state index is 12.5. The Balaban J connectivity index is 1.55. The normalized spacial score (nSPS) is 14.8. The first-order valence-corrected chi connectivity index (χ1v) is 11.7. The third-order valence-corrected chi connectivity index (χ3v) is 7.05. The van der Waals surface area contributed by atoms with Gasteiger partial charge in [-0.25, -0.2) is 8.42 Å². The molecule has 3 N–H and O–H groups in total. The second-order valence-corrected chi connectivity index (χ2v) is 9.55. The maximum absolute atomic E-state index is 12.5. The first kappa shape index (κ1) is 23.2. The Hall–Kier alpha value is -2.49. The van der Waals surface area contributed by atoms with Crippen molar-refractivity contribution in [1.29, 1.82) is 0 Å². The van der Waals surface area contributed by atoms with Crippen LogP contribution in [0.3, 0.4) is 0 Å². The number of hydrogen-bond acceptors (Lipinski definition) is 5. The van der Waals surface area contributed by atoms with E-state index in [4.69, 9.17) is 33.7 Å². The highest BCUT2D eigenvalue weighted by molar-refractivity contribution is 7.92. The van der Waals surface area contributed by atoms with Crippen LogP contribution in [0.25, 0.3) is 0 Å². The molecule has 0 unspecified atom stereocenters. The quantitative estimate of drug-likeness (QED) is 0.624. The SMILES string of the molecule is NC(=O)C1CCN(C(=O)COc2ccc(S(=O)(=O)Nc3ccc(Cl)c(Cl)c3)cc2)CC1. The lowest BCUT2D eigenvalue weighted by molar-refractivity contribution is -0.136. The number of nitrogens with zero attached hydrogens (tertiary/aromatic N) is 1. The fourth-order valence-electron chi connectivity index (χ4n) is 3.14.